The van der Waals surface area contributed by atoms with Crippen LogP contribution >= 0.6 is 0 Å². The maximum atomic E-state index is 14.8. The fraction of sp³-hybridized carbons (Fsp3) is 0.400. The molecule has 0 bridgehead atoms. The zero-order chi connectivity index (χ0) is 21.4. The van der Waals surface area contributed by atoms with Gasteiger partial charge >= 0.3 is 5.97 Å². The molecule has 0 amide bonds. The van der Waals surface area contributed by atoms with E-state index in [0.717, 1.165) is 29.5 Å². The number of halogens is 1. The molecule has 0 saturated heterocycles. The van der Waals surface area contributed by atoms with E-state index in [9.17, 15) is 9.18 Å². The number of hydrogen-bond acceptors (Lipinski definition) is 3. The Kier molecular flexibility index (Phi) is 5.57. The third-order valence-electron chi connectivity index (χ3n) is 5.42. The molecule has 3 rings (SSSR count). The molecule has 0 saturated carbocycles. The number of benzene rings is 2. The largest absolute Gasteiger partial charge is 0.497 e. The minimum atomic E-state index is -0.404. The predicted octanol–water partition coefficient (Wildman–Crippen LogP) is 6.52. The Bertz CT molecular complexity index is 970. The summed E-state index contributed by atoms with van der Waals surface area (Å²) in [6.45, 7) is 8.92. The first-order valence-electron chi connectivity index (χ1n) is 9.84. The summed E-state index contributed by atoms with van der Waals surface area (Å²) in [5.74, 6) is -0.144. The number of esters is 1. The van der Waals surface area contributed by atoms with Gasteiger partial charge in [-0.05, 0) is 70.7 Å². The lowest BCUT2D eigenvalue weighted by atomic mass is 9.65. The summed E-state index contributed by atoms with van der Waals surface area (Å²) >= 11 is 0. The maximum Gasteiger partial charge on any atom is 0.337 e. The van der Waals surface area contributed by atoms with Crippen molar-refractivity contribution >= 4 is 11.5 Å². The minimum Gasteiger partial charge on any atom is -0.497 e. The van der Waals surface area contributed by atoms with Crippen LogP contribution in [0.2, 0.25) is 0 Å². The molecule has 0 radical (unpaired) electrons. The molecule has 0 aliphatic heterocycles. The van der Waals surface area contributed by atoms with Gasteiger partial charge in [0.1, 0.15) is 11.6 Å². The summed E-state index contributed by atoms with van der Waals surface area (Å²) in [5.41, 5.74) is 3.74. The molecule has 2 aromatic rings. The first-order valence-corrected chi connectivity index (χ1v) is 9.84. The molecule has 0 spiro atoms. The molecule has 1 aliphatic carbocycles. The van der Waals surface area contributed by atoms with E-state index < -0.39 is 5.97 Å². The summed E-state index contributed by atoms with van der Waals surface area (Å²) < 4.78 is 25.0. The lowest BCUT2D eigenvalue weighted by Gasteiger charge is -2.40. The normalized spacial score (nSPS) is 17.4. The Hall–Kier alpha value is -2.62. The molecular formula is C25H29FO3. The highest BCUT2D eigenvalue weighted by Gasteiger charge is 2.34. The van der Waals surface area contributed by atoms with E-state index in [1.165, 1.54) is 13.2 Å². The summed E-state index contributed by atoms with van der Waals surface area (Å²) in [7, 11) is 2.93. The van der Waals surface area contributed by atoms with E-state index in [1.807, 2.05) is 6.07 Å². The second kappa shape index (κ2) is 7.66. The van der Waals surface area contributed by atoms with Gasteiger partial charge in [0, 0.05) is 5.56 Å². The third kappa shape index (κ3) is 4.52. The fourth-order valence-electron chi connectivity index (χ4n) is 4.69. The highest BCUT2D eigenvalue weighted by atomic mass is 19.1. The van der Waals surface area contributed by atoms with Crippen LogP contribution in [-0.2, 0) is 4.74 Å². The summed E-state index contributed by atoms with van der Waals surface area (Å²) in [4.78, 5) is 12.2. The van der Waals surface area contributed by atoms with Crippen LogP contribution in [0.5, 0.6) is 5.75 Å². The van der Waals surface area contributed by atoms with Crippen molar-refractivity contribution < 1.29 is 18.7 Å². The van der Waals surface area contributed by atoms with Crippen LogP contribution < -0.4 is 4.74 Å². The number of carbonyl (C=O) groups is 1. The molecule has 0 heterocycles. The lowest BCUT2D eigenvalue weighted by Crippen LogP contribution is -2.27. The second-order valence-corrected chi connectivity index (χ2v) is 9.27. The van der Waals surface area contributed by atoms with Gasteiger partial charge in [-0.2, -0.15) is 0 Å². The molecule has 0 N–H and O–H groups in total. The number of hydrogen-bond donors (Lipinski definition) is 0. The SMILES string of the molecule is COC(=O)c1ccc(-c2cc(OC)ccc2F)c(C2=CC(C)(C)CC(C)(C)C2)c1. The molecule has 29 heavy (non-hydrogen) atoms. The van der Waals surface area contributed by atoms with E-state index in [2.05, 4.69) is 33.8 Å². The number of ether oxygens (including phenoxy) is 2. The van der Waals surface area contributed by atoms with Crippen molar-refractivity contribution in [2.45, 2.75) is 40.5 Å². The Labute approximate surface area is 172 Å². The van der Waals surface area contributed by atoms with E-state index in [0.29, 0.717) is 16.9 Å². The minimum absolute atomic E-state index is 0.00253. The Balaban J connectivity index is 2.26. The van der Waals surface area contributed by atoms with Crippen LogP contribution in [-0.4, -0.2) is 20.2 Å². The Morgan fingerprint density at radius 1 is 0.966 bits per heavy atom. The zero-order valence-corrected chi connectivity index (χ0v) is 18.1. The average molecular weight is 397 g/mol. The molecule has 0 fully saturated rings. The van der Waals surface area contributed by atoms with Gasteiger partial charge in [0.15, 0.2) is 0 Å². The van der Waals surface area contributed by atoms with Crippen LogP contribution in [0, 0.1) is 16.6 Å². The average Bonchev–Trinajstić information content (AvgIpc) is 2.65. The van der Waals surface area contributed by atoms with Crippen molar-refractivity contribution in [1.82, 2.24) is 0 Å². The standard InChI is InChI=1S/C25H29FO3/c1-24(2)13-17(14-25(3,4)15-24)20-11-16(23(27)29-6)7-9-19(20)21-12-18(28-5)8-10-22(21)26/h7-13H,14-15H2,1-6H3. The van der Waals surface area contributed by atoms with Crippen LogP contribution in [0.4, 0.5) is 4.39 Å². The second-order valence-electron chi connectivity index (χ2n) is 9.27. The van der Waals surface area contributed by atoms with Gasteiger partial charge in [0.05, 0.1) is 19.8 Å². The Morgan fingerprint density at radius 2 is 1.69 bits per heavy atom. The van der Waals surface area contributed by atoms with Crippen LogP contribution in [0.1, 0.15) is 56.5 Å². The van der Waals surface area contributed by atoms with E-state index in [-0.39, 0.29) is 16.6 Å². The van der Waals surface area contributed by atoms with Crippen molar-refractivity contribution in [2.24, 2.45) is 10.8 Å². The molecule has 4 heteroatoms. The number of rotatable bonds is 4. The van der Waals surface area contributed by atoms with Crippen molar-refractivity contribution in [3.8, 4) is 16.9 Å². The first-order chi connectivity index (χ1) is 13.5. The third-order valence-corrected chi connectivity index (χ3v) is 5.42. The lowest BCUT2D eigenvalue weighted by molar-refractivity contribution is 0.0600. The van der Waals surface area contributed by atoms with E-state index >= 15 is 0 Å². The van der Waals surface area contributed by atoms with Crippen LogP contribution in [0.15, 0.2) is 42.5 Å². The van der Waals surface area contributed by atoms with Crippen LogP contribution in [0.3, 0.4) is 0 Å². The Morgan fingerprint density at radius 3 is 2.31 bits per heavy atom. The van der Waals surface area contributed by atoms with Crippen molar-refractivity contribution in [3.63, 3.8) is 0 Å². The molecule has 3 nitrogen and oxygen atoms in total. The van der Waals surface area contributed by atoms with Crippen molar-refractivity contribution in [3.05, 3.63) is 59.4 Å². The summed E-state index contributed by atoms with van der Waals surface area (Å²) in [5, 5.41) is 0. The van der Waals surface area contributed by atoms with Crippen molar-refractivity contribution in [2.75, 3.05) is 14.2 Å². The molecule has 0 aromatic heterocycles. The zero-order valence-electron chi connectivity index (χ0n) is 18.1. The molecule has 154 valence electrons. The monoisotopic (exact) mass is 396 g/mol. The quantitative estimate of drug-likeness (QED) is 0.552. The number of allylic oxidation sites excluding steroid dienone is 2. The van der Waals surface area contributed by atoms with Gasteiger partial charge in [0.25, 0.3) is 0 Å². The van der Waals surface area contributed by atoms with Gasteiger partial charge in [0.2, 0.25) is 0 Å². The van der Waals surface area contributed by atoms with E-state index in [4.69, 9.17) is 9.47 Å². The molecule has 0 atom stereocenters. The van der Waals surface area contributed by atoms with Gasteiger partial charge in [-0.3, -0.25) is 0 Å². The van der Waals surface area contributed by atoms with Gasteiger partial charge in [-0.1, -0.05) is 39.8 Å². The fourth-order valence-corrected chi connectivity index (χ4v) is 4.69. The number of methoxy groups -OCH3 is 2. The van der Waals surface area contributed by atoms with Gasteiger partial charge in [-0.25, -0.2) is 9.18 Å². The molecule has 2 aromatic carbocycles. The topological polar surface area (TPSA) is 35.5 Å². The molecular weight excluding hydrogens is 367 g/mol. The smallest absolute Gasteiger partial charge is 0.337 e. The van der Waals surface area contributed by atoms with Gasteiger partial charge < -0.3 is 9.47 Å². The summed E-state index contributed by atoms with van der Waals surface area (Å²) in [6, 6.07) is 10.0. The molecule has 0 unspecified atom stereocenters. The van der Waals surface area contributed by atoms with E-state index in [1.54, 1.807) is 31.4 Å². The highest BCUT2D eigenvalue weighted by molar-refractivity contribution is 5.93. The predicted molar refractivity (Wildman–Crippen MR) is 115 cm³/mol. The summed E-state index contributed by atoms with van der Waals surface area (Å²) in [6.07, 6.45) is 4.17. The maximum absolute atomic E-state index is 14.8. The number of carbonyl (C=O) groups excluding carboxylic acids is 1. The first kappa shape index (κ1) is 21.1. The van der Waals surface area contributed by atoms with Gasteiger partial charge in [-0.15, -0.1) is 0 Å². The highest BCUT2D eigenvalue weighted by Crippen LogP contribution is 2.49. The van der Waals surface area contributed by atoms with Crippen molar-refractivity contribution in [1.29, 1.82) is 0 Å². The van der Waals surface area contributed by atoms with Crippen LogP contribution in [0.25, 0.3) is 16.7 Å². The molecule has 1 aliphatic rings.